The van der Waals surface area contributed by atoms with Crippen LogP contribution in [-0.4, -0.2) is 42.1 Å². The van der Waals surface area contributed by atoms with E-state index in [4.69, 9.17) is 0 Å². The summed E-state index contributed by atoms with van der Waals surface area (Å²) in [4.78, 5) is 17.8. The summed E-state index contributed by atoms with van der Waals surface area (Å²) < 4.78 is 0. The predicted octanol–water partition coefficient (Wildman–Crippen LogP) is 3.38. The number of hydrogen-bond acceptors (Lipinski definition) is 3. The van der Waals surface area contributed by atoms with Gasteiger partial charge in [-0.25, -0.2) is 0 Å². The SMILES string of the molecule is O=C1NCN(c2ccccc2)C12CCN(C1C[C@H]3CCCC[C@H]3C1)CC2. The van der Waals surface area contributed by atoms with Gasteiger partial charge in [0, 0.05) is 24.8 Å². The number of para-hydroxylation sites is 1. The number of likely N-dealkylation sites (tertiary alicyclic amines) is 1. The molecule has 4 heteroatoms. The van der Waals surface area contributed by atoms with E-state index in [1.165, 1.54) is 44.2 Å². The zero-order valence-electron chi connectivity index (χ0n) is 15.7. The van der Waals surface area contributed by atoms with Crippen molar-refractivity contribution in [3.63, 3.8) is 0 Å². The highest BCUT2D eigenvalue weighted by atomic mass is 16.2. The van der Waals surface area contributed by atoms with Gasteiger partial charge in [-0.3, -0.25) is 4.79 Å². The van der Waals surface area contributed by atoms with Gasteiger partial charge in [-0.15, -0.1) is 0 Å². The lowest BCUT2D eigenvalue weighted by Gasteiger charge is -2.45. The molecule has 1 N–H and O–H groups in total. The third kappa shape index (κ3) is 2.65. The van der Waals surface area contributed by atoms with Crippen molar-refractivity contribution < 1.29 is 4.79 Å². The van der Waals surface area contributed by atoms with Crippen LogP contribution in [0.2, 0.25) is 0 Å². The van der Waals surface area contributed by atoms with E-state index in [2.05, 4.69) is 39.4 Å². The normalized spacial score (nSPS) is 34.1. The van der Waals surface area contributed by atoms with E-state index >= 15 is 0 Å². The van der Waals surface area contributed by atoms with Crippen molar-refractivity contribution in [2.45, 2.75) is 62.9 Å². The van der Waals surface area contributed by atoms with Crippen molar-refractivity contribution >= 4 is 11.6 Å². The van der Waals surface area contributed by atoms with Crippen LogP contribution in [-0.2, 0) is 4.79 Å². The number of amides is 1. The standard InChI is InChI=1S/C22H31N3O/c26-21-22(25(16-23-21)19-8-2-1-3-9-19)10-12-24(13-11-22)20-14-17-6-4-5-7-18(17)15-20/h1-3,8-9,17-18,20H,4-7,10-16H2,(H,23,26)/t17-,18+,20?. The van der Waals surface area contributed by atoms with Gasteiger partial charge in [-0.2, -0.15) is 0 Å². The Labute approximate surface area is 156 Å². The Kier molecular flexibility index (Phi) is 4.19. The topological polar surface area (TPSA) is 35.6 Å². The first kappa shape index (κ1) is 16.6. The average Bonchev–Trinajstić information content (AvgIpc) is 3.25. The van der Waals surface area contributed by atoms with Crippen LogP contribution in [0.4, 0.5) is 5.69 Å². The predicted molar refractivity (Wildman–Crippen MR) is 104 cm³/mol. The molecule has 2 saturated heterocycles. The minimum Gasteiger partial charge on any atom is -0.339 e. The molecule has 1 aromatic rings. The largest absolute Gasteiger partial charge is 0.339 e. The zero-order valence-corrected chi connectivity index (χ0v) is 15.7. The minimum absolute atomic E-state index is 0.237. The molecule has 2 aliphatic carbocycles. The second-order valence-corrected chi connectivity index (χ2v) is 8.92. The molecule has 4 fully saturated rings. The highest BCUT2D eigenvalue weighted by Crippen LogP contribution is 2.45. The van der Waals surface area contributed by atoms with Gasteiger partial charge in [0.2, 0.25) is 5.91 Å². The summed E-state index contributed by atoms with van der Waals surface area (Å²) in [5.41, 5.74) is 0.842. The molecule has 2 aliphatic heterocycles. The first-order valence-corrected chi connectivity index (χ1v) is 10.6. The summed E-state index contributed by atoms with van der Waals surface area (Å²) >= 11 is 0. The molecule has 5 rings (SSSR count). The molecule has 2 heterocycles. The molecule has 1 aromatic carbocycles. The van der Waals surface area contributed by atoms with Crippen LogP contribution in [0.15, 0.2) is 30.3 Å². The van der Waals surface area contributed by atoms with E-state index in [1.807, 2.05) is 6.07 Å². The molecule has 1 spiro atoms. The van der Waals surface area contributed by atoms with E-state index in [1.54, 1.807) is 0 Å². The second-order valence-electron chi connectivity index (χ2n) is 8.92. The Balaban J connectivity index is 1.29. The Morgan fingerprint density at radius 1 is 0.962 bits per heavy atom. The lowest BCUT2D eigenvalue weighted by atomic mass is 9.82. The molecular formula is C22H31N3O. The van der Waals surface area contributed by atoms with Crippen molar-refractivity contribution in [2.75, 3.05) is 24.7 Å². The third-order valence-corrected chi connectivity index (χ3v) is 7.76. The first-order valence-electron chi connectivity index (χ1n) is 10.6. The maximum Gasteiger partial charge on any atom is 0.247 e. The van der Waals surface area contributed by atoms with Crippen molar-refractivity contribution in [2.24, 2.45) is 11.8 Å². The molecule has 4 nitrogen and oxygen atoms in total. The number of anilines is 1. The van der Waals surface area contributed by atoms with Crippen molar-refractivity contribution in [3.8, 4) is 0 Å². The summed E-state index contributed by atoms with van der Waals surface area (Å²) in [6.45, 7) is 2.79. The van der Waals surface area contributed by atoms with E-state index in [0.29, 0.717) is 6.67 Å². The van der Waals surface area contributed by atoms with Gasteiger partial charge >= 0.3 is 0 Å². The van der Waals surface area contributed by atoms with Gasteiger partial charge in [0.25, 0.3) is 0 Å². The molecule has 3 atom stereocenters. The summed E-state index contributed by atoms with van der Waals surface area (Å²) in [7, 11) is 0. The Bertz CT molecular complexity index is 639. The third-order valence-electron chi connectivity index (χ3n) is 7.76. The highest BCUT2D eigenvalue weighted by Gasteiger charge is 2.51. The quantitative estimate of drug-likeness (QED) is 0.885. The van der Waals surface area contributed by atoms with Crippen LogP contribution < -0.4 is 10.2 Å². The molecule has 0 bridgehead atoms. The monoisotopic (exact) mass is 353 g/mol. The molecule has 0 radical (unpaired) electrons. The molecule has 1 unspecified atom stereocenters. The summed E-state index contributed by atoms with van der Waals surface area (Å²) in [6.07, 6.45) is 10.6. The zero-order chi connectivity index (χ0) is 17.6. The van der Waals surface area contributed by atoms with E-state index < -0.39 is 0 Å². The molecule has 0 aromatic heterocycles. The van der Waals surface area contributed by atoms with E-state index in [9.17, 15) is 4.79 Å². The van der Waals surface area contributed by atoms with E-state index in [0.717, 1.165) is 43.8 Å². The Morgan fingerprint density at radius 3 is 2.27 bits per heavy atom. The van der Waals surface area contributed by atoms with Crippen molar-refractivity contribution in [1.82, 2.24) is 10.2 Å². The van der Waals surface area contributed by atoms with Crippen LogP contribution in [0, 0.1) is 11.8 Å². The minimum atomic E-state index is -0.330. The van der Waals surface area contributed by atoms with Crippen LogP contribution in [0.3, 0.4) is 0 Å². The number of rotatable bonds is 2. The van der Waals surface area contributed by atoms with Crippen LogP contribution >= 0.6 is 0 Å². The molecule has 26 heavy (non-hydrogen) atoms. The van der Waals surface area contributed by atoms with Gasteiger partial charge in [0.05, 0.1) is 6.67 Å². The molecular weight excluding hydrogens is 322 g/mol. The Hall–Kier alpha value is -1.55. The molecule has 2 saturated carbocycles. The number of hydrogen-bond donors (Lipinski definition) is 1. The molecule has 4 aliphatic rings. The smallest absolute Gasteiger partial charge is 0.247 e. The fourth-order valence-electron chi connectivity index (χ4n) is 6.29. The van der Waals surface area contributed by atoms with Gasteiger partial charge in [0.1, 0.15) is 5.54 Å². The summed E-state index contributed by atoms with van der Waals surface area (Å²) in [5, 5.41) is 3.12. The van der Waals surface area contributed by atoms with Crippen molar-refractivity contribution in [3.05, 3.63) is 30.3 Å². The second kappa shape index (κ2) is 6.56. The first-order chi connectivity index (χ1) is 12.8. The highest BCUT2D eigenvalue weighted by molar-refractivity contribution is 5.93. The van der Waals surface area contributed by atoms with Crippen LogP contribution in [0.25, 0.3) is 0 Å². The summed E-state index contributed by atoms with van der Waals surface area (Å²) in [5.74, 6) is 2.21. The molecule has 1 amide bonds. The van der Waals surface area contributed by atoms with Gasteiger partial charge in [-0.05, 0) is 49.7 Å². The fraction of sp³-hybridized carbons (Fsp3) is 0.682. The van der Waals surface area contributed by atoms with Crippen LogP contribution in [0.1, 0.15) is 51.4 Å². The molecule has 140 valence electrons. The maximum absolute atomic E-state index is 12.8. The average molecular weight is 354 g/mol. The number of carbonyl (C=O) groups excluding carboxylic acids is 1. The number of nitrogens with zero attached hydrogens (tertiary/aromatic N) is 2. The lowest BCUT2D eigenvalue weighted by molar-refractivity contribution is -0.125. The van der Waals surface area contributed by atoms with Gasteiger partial charge in [-0.1, -0.05) is 43.9 Å². The van der Waals surface area contributed by atoms with Crippen LogP contribution in [0.5, 0.6) is 0 Å². The lowest BCUT2D eigenvalue weighted by Crippen LogP contribution is -2.57. The van der Waals surface area contributed by atoms with Gasteiger partial charge in [0.15, 0.2) is 0 Å². The Morgan fingerprint density at radius 2 is 1.62 bits per heavy atom. The fourth-order valence-corrected chi connectivity index (χ4v) is 6.29. The maximum atomic E-state index is 12.8. The number of carbonyl (C=O) groups is 1. The van der Waals surface area contributed by atoms with E-state index in [-0.39, 0.29) is 11.4 Å². The number of benzene rings is 1. The number of nitrogens with one attached hydrogen (secondary N) is 1. The van der Waals surface area contributed by atoms with Gasteiger partial charge < -0.3 is 15.1 Å². The van der Waals surface area contributed by atoms with Crippen molar-refractivity contribution in [1.29, 1.82) is 0 Å². The number of fused-ring (bicyclic) bond motifs is 1. The number of piperidine rings is 1. The summed E-state index contributed by atoms with van der Waals surface area (Å²) in [6, 6.07) is 11.2.